The van der Waals surface area contributed by atoms with Gasteiger partial charge >= 0.3 is 5.91 Å². The highest BCUT2D eigenvalue weighted by molar-refractivity contribution is 6.36. The molecule has 3 heterocycles. The Morgan fingerprint density at radius 1 is 1.13 bits per heavy atom. The zero-order valence-corrected chi connectivity index (χ0v) is 21.0. The van der Waals surface area contributed by atoms with Crippen LogP contribution >= 0.6 is 0 Å². The third kappa shape index (κ3) is 5.21. The first kappa shape index (κ1) is 26.1. The van der Waals surface area contributed by atoms with E-state index in [-0.39, 0.29) is 35.9 Å². The van der Waals surface area contributed by atoms with Gasteiger partial charge in [-0.2, -0.15) is 0 Å². The number of likely N-dealkylation sites (tertiary alicyclic amines) is 2. The van der Waals surface area contributed by atoms with Gasteiger partial charge in [0.1, 0.15) is 6.10 Å². The van der Waals surface area contributed by atoms with E-state index in [2.05, 4.69) is 4.90 Å². The summed E-state index contributed by atoms with van der Waals surface area (Å²) in [6.45, 7) is 3.96. The molecule has 2 aromatic carbocycles. The van der Waals surface area contributed by atoms with Crippen molar-refractivity contribution in [2.24, 2.45) is 0 Å². The highest BCUT2D eigenvalue weighted by Crippen LogP contribution is 2.38. The summed E-state index contributed by atoms with van der Waals surface area (Å²) in [6.07, 6.45) is -0.554. The molecule has 3 aliphatic rings. The van der Waals surface area contributed by atoms with E-state index < -0.39 is 24.1 Å². The number of methoxy groups -OCH3 is 1. The number of carbonyl (C=O) groups excluding carboxylic acids is 1. The van der Waals surface area contributed by atoms with Crippen molar-refractivity contribution >= 4 is 17.7 Å². The quantitative estimate of drug-likeness (QED) is 0.420. The molecule has 2 aromatic rings. The number of benzene rings is 2. The van der Waals surface area contributed by atoms with Crippen LogP contribution in [0.2, 0.25) is 0 Å². The smallest absolute Gasteiger partial charge is 0.309 e. The van der Waals surface area contributed by atoms with E-state index in [9.17, 15) is 13.6 Å². The second-order valence-corrected chi connectivity index (χ2v) is 9.86. The van der Waals surface area contributed by atoms with E-state index in [4.69, 9.17) is 29.8 Å². The third-order valence-electron chi connectivity index (χ3n) is 7.34. The number of hydrogen-bond donors (Lipinski definition) is 2. The van der Waals surface area contributed by atoms with Gasteiger partial charge in [0.25, 0.3) is 12.3 Å². The van der Waals surface area contributed by atoms with Gasteiger partial charge in [0.2, 0.25) is 5.90 Å². The Kier molecular flexibility index (Phi) is 7.31. The summed E-state index contributed by atoms with van der Waals surface area (Å²) < 4.78 is 47.5. The molecule has 0 atom stereocenters. The average Bonchev–Trinajstić information content (AvgIpc) is 3.30. The second-order valence-electron chi connectivity index (χ2n) is 9.86. The van der Waals surface area contributed by atoms with Crippen LogP contribution in [0.25, 0.3) is 0 Å². The van der Waals surface area contributed by atoms with E-state index in [0.717, 1.165) is 31.9 Å². The first-order valence-electron chi connectivity index (χ1n) is 12.5. The molecule has 0 bridgehead atoms. The van der Waals surface area contributed by atoms with Crippen LogP contribution in [0.15, 0.2) is 42.5 Å². The maximum atomic E-state index is 12.7. The molecular weight excluding hydrogens is 498 g/mol. The van der Waals surface area contributed by atoms with Gasteiger partial charge in [0, 0.05) is 17.7 Å². The van der Waals surface area contributed by atoms with Crippen molar-refractivity contribution < 1.29 is 32.5 Å². The number of halogens is 2. The minimum Gasteiger partial charge on any atom is -0.493 e. The summed E-state index contributed by atoms with van der Waals surface area (Å²) in [5.41, 5.74) is 1.31. The minimum atomic E-state index is -2.62. The van der Waals surface area contributed by atoms with Gasteiger partial charge in [-0.25, -0.2) is 8.78 Å². The Balaban J connectivity index is 1.11. The van der Waals surface area contributed by atoms with Gasteiger partial charge in [-0.1, -0.05) is 18.2 Å². The van der Waals surface area contributed by atoms with Crippen LogP contribution in [0.4, 0.5) is 8.78 Å². The van der Waals surface area contributed by atoms with Crippen molar-refractivity contribution in [2.45, 2.75) is 37.5 Å². The molecule has 0 aliphatic carbocycles. The van der Waals surface area contributed by atoms with E-state index in [1.165, 1.54) is 42.0 Å². The van der Waals surface area contributed by atoms with Gasteiger partial charge in [0.05, 0.1) is 39.0 Å². The van der Waals surface area contributed by atoms with Gasteiger partial charge in [0.15, 0.2) is 11.5 Å². The Morgan fingerprint density at radius 2 is 1.87 bits per heavy atom. The molecule has 9 nitrogen and oxygen atoms in total. The van der Waals surface area contributed by atoms with Crippen molar-refractivity contribution in [2.75, 3.05) is 40.0 Å². The Bertz CT molecular complexity index is 1210. The lowest BCUT2D eigenvalue weighted by Gasteiger charge is -2.45. The lowest BCUT2D eigenvalue weighted by atomic mass is 9.94. The topological polar surface area (TPSA) is 108 Å². The van der Waals surface area contributed by atoms with Crippen LogP contribution in [0, 0.1) is 10.8 Å². The zero-order valence-electron chi connectivity index (χ0n) is 21.0. The predicted molar refractivity (Wildman–Crippen MR) is 134 cm³/mol. The number of hydrogen-bond acceptors (Lipinski definition) is 8. The monoisotopic (exact) mass is 528 g/mol. The molecular formula is C27H30F2N4O5. The number of nitrogens with zero attached hydrogens (tertiary/aromatic N) is 2. The van der Waals surface area contributed by atoms with Crippen LogP contribution in [0.1, 0.15) is 36.0 Å². The van der Waals surface area contributed by atoms with Gasteiger partial charge in [-0.15, -0.1) is 0 Å². The van der Waals surface area contributed by atoms with Crippen LogP contribution in [-0.4, -0.2) is 79.1 Å². The van der Waals surface area contributed by atoms with Gasteiger partial charge in [-0.3, -0.25) is 20.5 Å². The Labute approximate surface area is 219 Å². The van der Waals surface area contributed by atoms with E-state index in [1.807, 2.05) is 18.2 Å². The summed E-state index contributed by atoms with van der Waals surface area (Å²) in [7, 11) is 1.59. The van der Waals surface area contributed by atoms with Crippen LogP contribution in [0.5, 0.6) is 11.5 Å². The number of rotatable bonds is 7. The summed E-state index contributed by atoms with van der Waals surface area (Å²) in [5.74, 6) is -0.665. The molecule has 202 valence electrons. The molecule has 3 fully saturated rings. The summed E-state index contributed by atoms with van der Waals surface area (Å²) in [5, 5.41) is 15.9. The molecule has 3 aliphatic heterocycles. The zero-order chi connectivity index (χ0) is 26.9. The SMILES string of the molecule is COc1cc(CN2CCCC23COC3)ccc1OC1CN(C(=O)C(=N)OC(=N)c2ccc(C(F)F)cc2)C1. The second kappa shape index (κ2) is 10.7. The number of nitrogens with one attached hydrogen (secondary N) is 2. The van der Waals surface area contributed by atoms with E-state index in [1.54, 1.807) is 7.11 Å². The van der Waals surface area contributed by atoms with Crippen molar-refractivity contribution in [3.8, 4) is 11.5 Å². The first-order chi connectivity index (χ1) is 18.3. The lowest BCUT2D eigenvalue weighted by molar-refractivity contribution is -0.133. The number of amides is 1. The molecule has 1 amide bonds. The molecule has 0 aromatic heterocycles. The molecule has 38 heavy (non-hydrogen) atoms. The van der Waals surface area contributed by atoms with E-state index >= 15 is 0 Å². The largest absolute Gasteiger partial charge is 0.493 e. The lowest BCUT2D eigenvalue weighted by Crippen LogP contribution is -2.58. The van der Waals surface area contributed by atoms with Crippen molar-refractivity contribution in [1.29, 1.82) is 10.8 Å². The fourth-order valence-corrected chi connectivity index (χ4v) is 5.02. The molecule has 0 unspecified atom stereocenters. The molecule has 1 spiro atoms. The van der Waals surface area contributed by atoms with Crippen LogP contribution in [-0.2, 0) is 20.8 Å². The fraction of sp³-hybridized carbons (Fsp3) is 0.444. The minimum absolute atomic E-state index is 0.180. The normalized spacial score (nSPS) is 18.7. The maximum absolute atomic E-state index is 12.7. The van der Waals surface area contributed by atoms with Crippen molar-refractivity contribution in [3.05, 3.63) is 59.2 Å². The van der Waals surface area contributed by atoms with E-state index in [0.29, 0.717) is 11.5 Å². The Hall–Kier alpha value is -3.57. The standard InChI is InChI=1S/C27H30F2N4O5/c1-35-22-11-17(12-33-10-2-9-27(33)15-36-16-27)3-8-21(22)37-20-13-32(14-20)26(34)25(31)38-24(30)19-6-4-18(5-7-19)23(28)29/h3-8,11,20,23,30-31H,2,9-10,12-16H2,1H3. The maximum Gasteiger partial charge on any atom is 0.309 e. The Morgan fingerprint density at radius 3 is 2.50 bits per heavy atom. The molecule has 5 rings (SSSR count). The van der Waals surface area contributed by atoms with Crippen molar-refractivity contribution in [3.63, 3.8) is 0 Å². The van der Waals surface area contributed by atoms with Crippen LogP contribution < -0.4 is 9.47 Å². The summed E-state index contributed by atoms with van der Waals surface area (Å²) in [4.78, 5) is 16.4. The first-order valence-corrected chi connectivity index (χ1v) is 12.5. The van der Waals surface area contributed by atoms with Crippen molar-refractivity contribution in [1.82, 2.24) is 9.80 Å². The highest BCUT2D eigenvalue weighted by atomic mass is 19.3. The highest BCUT2D eigenvalue weighted by Gasteiger charge is 2.47. The third-order valence-corrected chi connectivity index (χ3v) is 7.34. The van der Waals surface area contributed by atoms with Gasteiger partial charge in [-0.05, 0) is 49.2 Å². The fourth-order valence-electron chi connectivity index (χ4n) is 5.02. The molecule has 11 heteroatoms. The molecule has 0 saturated carbocycles. The molecule has 2 N–H and O–H groups in total. The molecule has 3 saturated heterocycles. The predicted octanol–water partition coefficient (Wildman–Crippen LogP) is 3.61. The number of carbonyl (C=O) groups is 1. The average molecular weight is 529 g/mol. The molecule has 0 radical (unpaired) electrons. The number of alkyl halides is 2. The summed E-state index contributed by atoms with van der Waals surface area (Å²) in [6, 6.07) is 10.8. The van der Waals surface area contributed by atoms with Crippen LogP contribution in [0.3, 0.4) is 0 Å². The number of ether oxygens (including phenoxy) is 4. The van der Waals surface area contributed by atoms with Gasteiger partial charge < -0.3 is 23.8 Å². The summed E-state index contributed by atoms with van der Waals surface area (Å²) >= 11 is 0.